The molecule has 88 valence electrons. The number of hydrogen-bond donors (Lipinski definition) is 1. The van der Waals surface area contributed by atoms with Crippen LogP contribution >= 0.6 is 0 Å². The van der Waals surface area contributed by atoms with Crippen LogP contribution in [-0.2, 0) is 4.74 Å². The number of nitrogens with one attached hydrogen (secondary N) is 1. The molecule has 0 aromatic heterocycles. The zero-order valence-electron chi connectivity index (χ0n) is 9.52. The lowest BCUT2D eigenvalue weighted by molar-refractivity contribution is -0.0154. The molecule has 1 saturated heterocycles. The Morgan fingerprint density at radius 2 is 2.56 bits per heavy atom. The molecule has 1 aliphatic rings. The van der Waals surface area contributed by atoms with Crippen molar-refractivity contribution in [2.75, 3.05) is 19.7 Å². The van der Waals surface area contributed by atoms with Crippen LogP contribution in [0, 0.1) is 11.3 Å². The molecule has 1 fully saturated rings. The summed E-state index contributed by atoms with van der Waals surface area (Å²) >= 11 is 0. The normalized spacial score (nSPS) is 29.1. The van der Waals surface area contributed by atoms with Crippen LogP contribution in [0.3, 0.4) is 0 Å². The minimum Gasteiger partial charge on any atom is -0.378 e. The van der Waals surface area contributed by atoms with Gasteiger partial charge in [-0.3, -0.25) is 5.32 Å². The fourth-order valence-electron chi connectivity index (χ4n) is 1.90. The molecule has 16 heavy (non-hydrogen) atoms. The van der Waals surface area contributed by atoms with Gasteiger partial charge in [0, 0.05) is 37.4 Å². The summed E-state index contributed by atoms with van der Waals surface area (Å²) in [5, 5.41) is 15.9. The number of azide groups is 1. The van der Waals surface area contributed by atoms with Crippen LogP contribution in [0.15, 0.2) is 5.11 Å². The van der Waals surface area contributed by atoms with Crippen LogP contribution in [0.2, 0.25) is 0 Å². The Bertz CT molecular complexity index is 307. The first-order valence-electron chi connectivity index (χ1n) is 5.55. The van der Waals surface area contributed by atoms with Gasteiger partial charge in [-0.1, -0.05) is 12.0 Å². The van der Waals surface area contributed by atoms with Crippen molar-refractivity contribution in [1.82, 2.24) is 5.32 Å². The van der Waals surface area contributed by atoms with Crippen LogP contribution in [0.5, 0.6) is 0 Å². The SMILES string of the molecule is CCC1CC(C#N)(NCCN=[N+]=[N-])CCO1. The molecule has 6 heteroatoms. The third-order valence-corrected chi connectivity index (χ3v) is 2.87. The molecule has 0 aromatic rings. The molecule has 1 aliphatic heterocycles. The van der Waals surface area contributed by atoms with Crippen LogP contribution in [-0.4, -0.2) is 31.3 Å². The van der Waals surface area contributed by atoms with E-state index in [1.807, 2.05) is 0 Å². The summed E-state index contributed by atoms with van der Waals surface area (Å²) in [6, 6.07) is 2.33. The highest BCUT2D eigenvalue weighted by Gasteiger charge is 2.35. The number of ether oxygens (including phenoxy) is 1. The van der Waals surface area contributed by atoms with Gasteiger partial charge in [-0.25, -0.2) is 0 Å². The second-order valence-electron chi connectivity index (χ2n) is 3.93. The van der Waals surface area contributed by atoms with E-state index in [0.29, 0.717) is 32.5 Å². The maximum Gasteiger partial charge on any atom is 0.111 e. The molecular weight excluding hydrogens is 206 g/mol. The summed E-state index contributed by atoms with van der Waals surface area (Å²) in [6.07, 6.45) is 2.47. The fourth-order valence-corrected chi connectivity index (χ4v) is 1.90. The molecule has 1 heterocycles. The van der Waals surface area contributed by atoms with E-state index in [1.165, 1.54) is 0 Å². The lowest BCUT2D eigenvalue weighted by Gasteiger charge is -2.36. The second kappa shape index (κ2) is 6.33. The number of rotatable bonds is 5. The van der Waals surface area contributed by atoms with Gasteiger partial charge in [0.15, 0.2) is 0 Å². The maximum atomic E-state index is 9.24. The van der Waals surface area contributed by atoms with Gasteiger partial charge in [-0.05, 0) is 12.0 Å². The van der Waals surface area contributed by atoms with Crippen molar-refractivity contribution in [2.45, 2.75) is 37.8 Å². The molecule has 6 nitrogen and oxygen atoms in total. The summed E-state index contributed by atoms with van der Waals surface area (Å²) in [4.78, 5) is 2.68. The van der Waals surface area contributed by atoms with E-state index in [4.69, 9.17) is 10.3 Å². The fraction of sp³-hybridized carbons (Fsp3) is 0.900. The van der Waals surface area contributed by atoms with Gasteiger partial charge < -0.3 is 4.74 Å². The Labute approximate surface area is 95.2 Å². The maximum absolute atomic E-state index is 9.24. The molecule has 1 N–H and O–H groups in total. The van der Waals surface area contributed by atoms with Crippen LogP contribution in [0.4, 0.5) is 0 Å². The van der Waals surface area contributed by atoms with E-state index in [-0.39, 0.29) is 6.10 Å². The van der Waals surface area contributed by atoms with Gasteiger partial charge in [0.1, 0.15) is 5.54 Å². The average Bonchev–Trinajstić information content (AvgIpc) is 2.35. The van der Waals surface area contributed by atoms with E-state index in [0.717, 1.165) is 6.42 Å². The van der Waals surface area contributed by atoms with E-state index >= 15 is 0 Å². The number of hydrogen-bond acceptors (Lipinski definition) is 4. The molecule has 0 saturated carbocycles. The van der Waals surface area contributed by atoms with Crippen molar-refractivity contribution >= 4 is 0 Å². The smallest absolute Gasteiger partial charge is 0.111 e. The van der Waals surface area contributed by atoms with Crippen molar-refractivity contribution in [3.63, 3.8) is 0 Å². The van der Waals surface area contributed by atoms with E-state index in [9.17, 15) is 5.26 Å². The third-order valence-electron chi connectivity index (χ3n) is 2.87. The molecule has 0 radical (unpaired) electrons. The van der Waals surface area contributed by atoms with E-state index < -0.39 is 5.54 Å². The molecule has 0 amide bonds. The molecule has 0 bridgehead atoms. The average molecular weight is 223 g/mol. The molecule has 2 atom stereocenters. The van der Waals surface area contributed by atoms with Gasteiger partial charge in [-0.2, -0.15) is 5.26 Å². The zero-order chi connectivity index (χ0) is 11.9. The first-order chi connectivity index (χ1) is 7.76. The topological polar surface area (TPSA) is 93.8 Å². The Hall–Kier alpha value is -1.28. The van der Waals surface area contributed by atoms with Gasteiger partial charge in [-0.15, -0.1) is 0 Å². The van der Waals surface area contributed by atoms with Crippen LogP contribution in [0.1, 0.15) is 26.2 Å². The largest absolute Gasteiger partial charge is 0.378 e. The molecular formula is C10H17N5O. The van der Waals surface area contributed by atoms with Gasteiger partial charge >= 0.3 is 0 Å². The lowest BCUT2D eigenvalue weighted by Crippen LogP contribution is -2.51. The Morgan fingerprint density at radius 1 is 1.75 bits per heavy atom. The first kappa shape index (κ1) is 12.8. The predicted molar refractivity (Wildman–Crippen MR) is 59.6 cm³/mol. The summed E-state index contributed by atoms with van der Waals surface area (Å²) in [6.45, 7) is 3.57. The first-order valence-corrected chi connectivity index (χ1v) is 5.55. The predicted octanol–water partition coefficient (Wildman–Crippen LogP) is 1.74. The lowest BCUT2D eigenvalue weighted by atomic mass is 9.87. The summed E-state index contributed by atoms with van der Waals surface area (Å²) < 4.78 is 5.54. The molecule has 2 unspecified atom stereocenters. The Kier molecular flexibility index (Phi) is 5.06. The highest BCUT2D eigenvalue weighted by atomic mass is 16.5. The summed E-state index contributed by atoms with van der Waals surface area (Å²) in [5.74, 6) is 0. The van der Waals surface area contributed by atoms with Crippen molar-refractivity contribution in [2.24, 2.45) is 5.11 Å². The summed E-state index contributed by atoms with van der Waals surface area (Å²) in [7, 11) is 0. The molecule has 0 aromatic carbocycles. The van der Waals surface area contributed by atoms with Crippen molar-refractivity contribution in [1.29, 1.82) is 5.26 Å². The minimum atomic E-state index is -0.510. The highest BCUT2D eigenvalue weighted by Crippen LogP contribution is 2.25. The Balaban J connectivity index is 2.49. The standard InChI is InChI=1S/C10H17N5O/c1-2-9-7-10(8-11,3-6-16-9)13-4-5-14-15-12/h9,13H,2-7H2,1H3. The van der Waals surface area contributed by atoms with Gasteiger partial charge in [0.25, 0.3) is 0 Å². The van der Waals surface area contributed by atoms with Gasteiger partial charge in [0.2, 0.25) is 0 Å². The van der Waals surface area contributed by atoms with Crippen molar-refractivity contribution in [3.05, 3.63) is 10.4 Å². The minimum absolute atomic E-state index is 0.153. The van der Waals surface area contributed by atoms with Crippen LogP contribution < -0.4 is 5.32 Å². The summed E-state index contributed by atoms with van der Waals surface area (Å²) in [5.41, 5.74) is 7.64. The number of nitriles is 1. The molecule has 0 spiro atoms. The van der Waals surface area contributed by atoms with Crippen LogP contribution in [0.25, 0.3) is 10.4 Å². The van der Waals surface area contributed by atoms with Gasteiger partial charge in [0.05, 0.1) is 12.2 Å². The van der Waals surface area contributed by atoms with Crippen molar-refractivity contribution < 1.29 is 4.74 Å². The van der Waals surface area contributed by atoms with E-state index in [1.54, 1.807) is 0 Å². The number of nitrogens with zero attached hydrogens (tertiary/aromatic N) is 4. The highest BCUT2D eigenvalue weighted by molar-refractivity contribution is 5.09. The third kappa shape index (κ3) is 3.38. The second-order valence-corrected chi connectivity index (χ2v) is 3.93. The van der Waals surface area contributed by atoms with E-state index in [2.05, 4.69) is 28.3 Å². The monoisotopic (exact) mass is 223 g/mol. The zero-order valence-corrected chi connectivity index (χ0v) is 9.52. The quantitative estimate of drug-likeness (QED) is 0.333. The van der Waals surface area contributed by atoms with Crippen molar-refractivity contribution in [3.8, 4) is 6.07 Å². The molecule has 1 rings (SSSR count). The molecule has 0 aliphatic carbocycles. The Morgan fingerprint density at radius 3 is 3.19 bits per heavy atom.